The van der Waals surface area contributed by atoms with Crippen LogP contribution in [-0.4, -0.2) is 16.4 Å². The third kappa shape index (κ3) is 2.86. The van der Waals surface area contributed by atoms with Gasteiger partial charge in [0.1, 0.15) is 11.9 Å². The molecule has 0 unspecified atom stereocenters. The van der Waals surface area contributed by atoms with Gasteiger partial charge in [-0.1, -0.05) is 17.3 Å². The summed E-state index contributed by atoms with van der Waals surface area (Å²) < 4.78 is 0. The average molecular weight is 320 g/mol. The molecular weight excluding hydrogens is 304 g/mol. The number of nitrogens with zero attached hydrogens (tertiary/aromatic N) is 3. The summed E-state index contributed by atoms with van der Waals surface area (Å²) in [5, 5.41) is 7.55. The van der Waals surface area contributed by atoms with E-state index < -0.39 is 6.04 Å². The Morgan fingerprint density at radius 2 is 2.00 bits per heavy atom. The number of pyridine rings is 2. The monoisotopic (exact) mass is 320 g/mol. The van der Waals surface area contributed by atoms with Crippen LogP contribution in [0.2, 0.25) is 0 Å². The zero-order chi connectivity index (χ0) is 17.1. The van der Waals surface area contributed by atoms with Crippen LogP contribution in [0.25, 0.3) is 21.9 Å². The Kier molecular flexibility index (Phi) is 4.29. The molecule has 0 saturated carbocycles. The molecule has 0 fully saturated rings. The van der Waals surface area contributed by atoms with E-state index in [4.69, 9.17) is 0 Å². The molecular formula is C18H16N4O2. The fourth-order valence-corrected chi connectivity index (χ4v) is 2.76. The van der Waals surface area contributed by atoms with Crippen LogP contribution in [0.15, 0.2) is 47.9 Å². The zero-order valence-corrected chi connectivity index (χ0v) is 13.4. The van der Waals surface area contributed by atoms with Crippen LogP contribution in [-0.2, 0) is 4.79 Å². The van der Waals surface area contributed by atoms with Crippen molar-refractivity contribution in [3.8, 4) is 11.1 Å². The number of anilines is 1. The van der Waals surface area contributed by atoms with Crippen LogP contribution in [0.1, 0.15) is 24.2 Å². The van der Waals surface area contributed by atoms with Gasteiger partial charge >= 0.3 is 0 Å². The van der Waals surface area contributed by atoms with Crippen LogP contribution < -0.4 is 5.32 Å². The quantitative estimate of drug-likeness (QED) is 0.569. The van der Waals surface area contributed by atoms with Crippen molar-refractivity contribution in [1.82, 2.24) is 9.97 Å². The second-order valence-electron chi connectivity index (χ2n) is 5.56. The molecule has 1 atom stereocenters. The number of aryl methyl sites for hydroxylation is 1. The number of hydrogen-bond acceptors (Lipinski definition) is 5. The summed E-state index contributed by atoms with van der Waals surface area (Å²) in [6, 6.07) is 9.12. The van der Waals surface area contributed by atoms with Gasteiger partial charge in [0.25, 0.3) is 0 Å². The molecule has 2 aromatic heterocycles. The number of aromatic nitrogens is 2. The van der Waals surface area contributed by atoms with Crippen LogP contribution in [0.3, 0.4) is 0 Å². The zero-order valence-electron chi connectivity index (χ0n) is 13.4. The van der Waals surface area contributed by atoms with E-state index in [1.54, 1.807) is 25.4 Å². The van der Waals surface area contributed by atoms with Gasteiger partial charge in [0.2, 0.25) is 6.41 Å². The van der Waals surface area contributed by atoms with Crippen molar-refractivity contribution in [3.05, 3.63) is 58.9 Å². The Balaban J connectivity index is 2.15. The number of carbonyl (C=O) groups excluding carboxylic acids is 1. The molecule has 1 aromatic carbocycles. The average Bonchev–Trinajstić information content (AvgIpc) is 2.60. The highest BCUT2D eigenvalue weighted by Gasteiger charge is 2.16. The van der Waals surface area contributed by atoms with Gasteiger partial charge in [-0.05, 0) is 48.6 Å². The van der Waals surface area contributed by atoms with Gasteiger partial charge in [-0.2, -0.15) is 4.91 Å². The molecule has 3 aromatic rings. The van der Waals surface area contributed by atoms with Gasteiger partial charge in [-0.25, -0.2) is 4.98 Å². The van der Waals surface area contributed by atoms with Crippen molar-refractivity contribution in [2.24, 2.45) is 5.18 Å². The summed E-state index contributed by atoms with van der Waals surface area (Å²) in [4.78, 5) is 30.0. The van der Waals surface area contributed by atoms with Crippen molar-refractivity contribution >= 4 is 23.0 Å². The molecule has 3 rings (SSSR count). The van der Waals surface area contributed by atoms with Crippen LogP contribution >= 0.6 is 0 Å². The molecule has 2 heterocycles. The molecule has 1 amide bonds. The molecule has 1 N–H and O–H groups in total. The Morgan fingerprint density at radius 3 is 2.75 bits per heavy atom. The van der Waals surface area contributed by atoms with Crippen molar-refractivity contribution in [2.75, 3.05) is 5.32 Å². The normalized spacial score (nSPS) is 11.9. The number of carbonyl (C=O) groups is 1. The number of fused-ring (bicyclic) bond motifs is 1. The number of benzene rings is 1. The maximum absolute atomic E-state index is 11.0. The Morgan fingerprint density at radius 1 is 1.17 bits per heavy atom. The summed E-state index contributed by atoms with van der Waals surface area (Å²) >= 11 is 0. The minimum Gasteiger partial charge on any atom is -0.313 e. The van der Waals surface area contributed by atoms with Crippen LogP contribution in [0.4, 0.5) is 5.82 Å². The molecule has 24 heavy (non-hydrogen) atoms. The Bertz CT molecular complexity index is 924. The smallest absolute Gasteiger partial charge is 0.212 e. The lowest BCUT2D eigenvalue weighted by molar-refractivity contribution is -0.105. The minimum absolute atomic E-state index is 0.502. The van der Waals surface area contributed by atoms with Crippen molar-refractivity contribution in [2.45, 2.75) is 19.9 Å². The highest BCUT2D eigenvalue weighted by atomic mass is 16.3. The third-order valence-electron chi connectivity index (χ3n) is 3.96. The maximum atomic E-state index is 11.0. The van der Waals surface area contributed by atoms with Crippen molar-refractivity contribution in [3.63, 3.8) is 0 Å². The minimum atomic E-state index is -0.520. The van der Waals surface area contributed by atoms with E-state index in [9.17, 15) is 9.70 Å². The Hall–Kier alpha value is -3.15. The molecule has 0 spiro atoms. The Labute approximate surface area is 138 Å². The number of rotatable bonds is 5. The second kappa shape index (κ2) is 6.54. The van der Waals surface area contributed by atoms with Crippen molar-refractivity contribution in [1.29, 1.82) is 0 Å². The van der Waals surface area contributed by atoms with Crippen molar-refractivity contribution < 1.29 is 4.79 Å². The second-order valence-corrected chi connectivity index (χ2v) is 5.56. The maximum Gasteiger partial charge on any atom is 0.212 e. The van der Waals surface area contributed by atoms with E-state index in [2.05, 4.69) is 20.5 Å². The molecule has 120 valence electrons. The number of nitrogens with one attached hydrogen (secondary N) is 1. The van der Waals surface area contributed by atoms with Crippen LogP contribution in [0, 0.1) is 11.8 Å². The molecule has 0 aliphatic rings. The largest absolute Gasteiger partial charge is 0.313 e. The topological polar surface area (TPSA) is 84.3 Å². The first kappa shape index (κ1) is 15.7. The summed E-state index contributed by atoms with van der Waals surface area (Å²) in [6.45, 7) is 3.72. The first-order chi connectivity index (χ1) is 11.6. The predicted octanol–water partition coefficient (Wildman–Crippen LogP) is 4.00. The lowest BCUT2D eigenvalue weighted by Crippen LogP contribution is -2.00. The molecule has 0 aliphatic carbocycles. The van der Waals surface area contributed by atoms with E-state index >= 15 is 0 Å². The fraction of sp³-hybridized carbons (Fsp3) is 0.167. The summed E-state index contributed by atoms with van der Waals surface area (Å²) in [5.41, 5.74) is 3.57. The van der Waals surface area contributed by atoms with Gasteiger partial charge in [0.15, 0.2) is 0 Å². The predicted molar refractivity (Wildman–Crippen MR) is 93.6 cm³/mol. The first-order valence-corrected chi connectivity index (χ1v) is 7.52. The molecule has 6 nitrogen and oxygen atoms in total. The summed E-state index contributed by atoms with van der Waals surface area (Å²) in [7, 11) is 0. The number of amides is 1. The van der Waals surface area contributed by atoms with Crippen LogP contribution in [0.5, 0.6) is 0 Å². The SMILES string of the molecule is Cc1ccnc([C@H](C)N=O)c1-c1ccc2cc(NC=O)ncc2c1. The van der Waals surface area contributed by atoms with Gasteiger partial charge < -0.3 is 5.32 Å². The van der Waals surface area contributed by atoms with Gasteiger partial charge in [0, 0.05) is 23.3 Å². The molecule has 0 aliphatic heterocycles. The highest BCUT2D eigenvalue weighted by molar-refractivity contribution is 5.90. The van der Waals surface area contributed by atoms with Gasteiger partial charge in [-0.15, -0.1) is 0 Å². The van der Waals surface area contributed by atoms with Gasteiger partial charge in [-0.3, -0.25) is 9.78 Å². The van der Waals surface area contributed by atoms with E-state index in [1.165, 1.54) is 0 Å². The summed E-state index contributed by atoms with van der Waals surface area (Å²) in [6.07, 6.45) is 3.99. The molecule has 6 heteroatoms. The molecule has 0 bridgehead atoms. The standard InChI is InChI=1S/C18H16N4O2/c1-11-5-6-19-18(12(2)22-24)17(11)14-4-3-13-8-16(21-10-23)20-9-15(13)7-14/h3-10,12H,1-2H3,(H,20,21,23)/t12-/m0/s1. The highest BCUT2D eigenvalue weighted by Crippen LogP contribution is 2.33. The van der Waals surface area contributed by atoms with Gasteiger partial charge in [0.05, 0.1) is 5.69 Å². The van der Waals surface area contributed by atoms with E-state index in [1.807, 2.05) is 31.2 Å². The summed E-state index contributed by atoms with van der Waals surface area (Å²) in [5.74, 6) is 0.502. The third-order valence-corrected chi connectivity index (χ3v) is 3.96. The number of hydrogen-bond donors (Lipinski definition) is 1. The number of nitroso groups, excluding NO2 is 1. The fourth-order valence-electron chi connectivity index (χ4n) is 2.76. The van der Waals surface area contributed by atoms with E-state index in [0.29, 0.717) is 17.9 Å². The first-order valence-electron chi connectivity index (χ1n) is 7.52. The lowest BCUT2D eigenvalue weighted by Gasteiger charge is -2.14. The van der Waals surface area contributed by atoms with E-state index in [-0.39, 0.29) is 0 Å². The molecule has 0 saturated heterocycles. The lowest BCUT2D eigenvalue weighted by atomic mass is 9.95. The molecule has 0 radical (unpaired) electrons. The van der Waals surface area contributed by atoms with E-state index in [0.717, 1.165) is 27.5 Å².